The fourth-order valence-electron chi connectivity index (χ4n) is 2.97. The number of rotatable bonds is 8. The van der Waals surface area contributed by atoms with Crippen molar-refractivity contribution in [1.82, 2.24) is 15.5 Å². The highest BCUT2D eigenvalue weighted by molar-refractivity contribution is 7.18. The molecule has 162 valence electrons. The van der Waals surface area contributed by atoms with Gasteiger partial charge in [-0.05, 0) is 18.4 Å². The Morgan fingerprint density at radius 3 is 2.35 bits per heavy atom. The molecule has 2 amide bonds. The fraction of sp³-hybridized carbons (Fsp3) is 0.304. The van der Waals surface area contributed by atoms with Gasteiger partial charge in [-0.3, -0.25) is 14.9 Å². The summed E-state index contributed by atoms with van der Waals surface area (Å²) in [6, 6.07) is 16.2. The van der Waals surface area contributed by atoms with Crippen LogP contribution in [0.25, 0.3) is 10.6 Å². The summed E-state index contributed by atoms with van der Waals surface area (Å²) in [5, 5.41) is 14.1. The molecule has 3 atom stereocenters. The molecule has 3 unspecified atom stereocenters. The van der Waals surface area contributed by atoms with Crippen LogP contribution >= 0.6 is 22.9 Å². The van der Waals surface area contributed by atoms with E-state index < -0.39 is 17.3 Å². The number of nitrogens with zero attached hydrogens (tertiary/aromatic N) is 2. The quantitative estimate of drug-likeness (QED) is 0.469. The van der Waals surface area contributed by atoms with Crippen LogP contribution in [0.15, 0.2) is 54.6 Å². The molecule has 0 spiro atoms. The summed E-state index contributed by atoms with van der Waals surface area (Å²) in [5.74, 6) is -0.842. The third kappa shape index (κ3) is 5.89. The van der Waals surface area contributed by atoms with Crippen LogP contribution in [0.5, 0.6) is 0 Å². The minimum atomic E-state index is -0.879. The Morgan fingerprint density at radius 1 is 1.03 bits per heavy atom. The van der Waals surface area contributed by atoms with Crippen LogP contribution in [0.2, 0.25) is 0 Å². The molecule has 0 aliphatic carbocycles. The van der Waals surface area contributed by atoms with Crippen LogP contribution in [0.4, 0.5) is 5.13 Å². The van der Waals surface area contributed by atoms with E-state index in [0.717, 1.165) is 11.1 Å². The van der Waals surface area contributed by atoms with Crippen LogP contribution in [0, 0.1) is 12.8 Å². The fourth-order valence-corrected chi connectivity index (χ4v) is 3.93. The third-order valence-corrected chi connectivity index (χ3v) is 6.41. The first-order chi connectivity index (χ1) is 14.9. The minimum absolute atomic E-state index is 0.0897. The van der Waals surface area contributed by atoms with Gasteiger partial charge < -0.3 is 5.32 Å². The number of nitrogens with one attached hydrogen (secondary N) is 2. The van der Waals surface area contributed by atoms with Gasteiger partial charge >= 0.3 is 0 Å². The molecule has 2 N–H and O–H groups in total. The van der Waals surface area contributed by atoms with Gasteiger partial charge in [0.05, 0.1) is 0 Å². The van der Waals surface area contributed by atoms with Crippen molar-refractivity contribution in [2.75, 3.05) is 5.32 Å². The second-order valence-electron chi connectivity index (χ2n) is 7.41. The molecule has 0 radical (unpaired) electrons. The van der Waals surface area contributed by atoms with Crippen molar-refractivity contribution in [2.24, 2.45) is 5.92 Å². The molecule has 1 aromatic heterocycles. The van der Waals surface area contributed by atoms with E-state index in [1.807, 2.05) is 63.2 Å². The van der Waals surface area contributed by atoms with Gasteiger partial charge in [0.2, 0.25) is 16.9 Å². The Hall–Kier alpha value is -2.77. The maximum atomic E-state index is 13.0. The lowest BCUT2D eigenvalue weighted by Crippen LogP contribution is -2.48. The predicted molar refractivity (Wildman–Crippen MR) is 125 cm³/mol. The molecular weight excluding hydrogens is 432 g/mol. The zero-order chi connectivity index (χ0) is 22.4. The smallest absolute Gasteiger partial charge is 0.249 e. The lowest BCUT2D eigenvalue weighted by molar-refractivity contribution is -0.127. The second kappa shape index (κ2) is 10.5. The number of anilines is 1. The van der Waals surface area contributed by atoms with Crippen molar-refractivity contribution in [3.8, 4) is 10.6 Å². The molecular formula is C23H25ClN4O2S. The number of carbonyl (C=O) groups is 2. The van der Waals surface area contributed by atoms with E-state index in [0.29, 0.717) is 22.1 Å². The molecule has 31 heavy (non-hydrogen) atoms. The van der Waals surface area contributed by atoms with E-state index >= 15 is 0 Å². The van der Waals surface area contributed by atoms with Crippen LogP contribution in [-0.4, -0.2) is 28.1 Å². The first kappa shape index (κ1) is 22.9. The largest absolute Gasteiger partial charge is 0.342 e. The summed E-state index contributed by atoms with van der Waals surface area (Å²) in [6.07, 6.45) is 0.710. The highest BCUT2D eigenvalue weighted by Crippen LogP contribution is 2.27. The Kier molecular flexibility index (Phi) is 7.76. The van der Waals surface area contributed by atoms with E-state index in [1.165, 1.54) is 11.3 Å². The lowest BCUT2D eigenvalue weighted by Gasteiger charge is -2.24. The van der Waals surface area contributed by atoms with Crippen LogP contribution < -0.4 is 10.6 Å². The number of amides is 2. The van der Waals surface area contributed by atoms with E-state index in [-0.39, 0.29) is 11.8 Å². The third-order valence-electron chi connectivity index (χ3n) is 5.07. The average molecular weight is 457 g/mol. The zero-order valence-electron chi connectivity index (χ0n) is 17.6. The van der Waals surface area contributed by atoms with Gasteiger partial charge in [0.15, 0.2) is 0 Å². The van der Waals surface area contributed by atoms with Crippen molar-refractivity contribution in [3.05, 3.63) is 65.7 Å². The van der Waals surface area contributed by atoms with Gasteiger partial charge in [-0.15, -0.1) is 21.8 Å². The Morgan fingerprint density at radius 2 is 1.71 bits per heavy atom. The Bertz CT molecular complexity index is 1020. The summed E-state index contributed by atoms with van der Waals surface area (Å²) >= 11 is 7.62. The predicted octanol–water partition coefficient (Wildman–Crippen LogP) is 4.96. The minimum Gasteiger partial charge on any atom is -0.342 e. The molecule has 0 fully saturated rings. The molecule has 0 aliphatic rings. The average Bonchev–Trinajstić information content (AvgIpc) is 3.25. The maximum absolute atomic E-state index is 13.0. The monoisotopic (exact) mass is 456 g/mol. The maximum Gasteiger partial charge on any atom is 0.249 e. The molecule has 0 aliphatic heterocycles. The number of halogens is 1. The molecule has 0 bridgehead atoms. The van der Waals surface area contributed by atoms with Crippen molar-refractivity contribution in [2.45, 2.75) is 38.6 Å². The van der Waals surface area contributed by atoms with Crippen molar-refractivity contribution >= 4 is 39.9 Å². The van der Waals surface area contributed by atoms with Gasteiger partial charge in [0.25, 0.3) is 0 Å². The number of hydrogen-bond donors (Lipinski definition) is 2. The number of aromatic nitrogens is 2. The lowest BCUT2D eigenvalue weighted by atomic mass is 9.98. The molecule has 2 aromatic carbocycles. The van der Waals surface area contributed by atoms with Crippen LogP contribution in [-0.2, 0) is 9.59 Å². The van der Waals surface area contributed by atoms with Gasteiger partial charge in [0.1, 0.15) is 16.4 Å². The topological polar surface area (TPSA) is 84.0 Å². The van der Waals surface area contributed by atoms with Crippen molar-refractivity contribution in [1.29, 1.82) is 0 Å². The van der Waals surface area contributed by atoms with E-state index in [4.69, 9.17) is 11.6 Å². The van der Waals surface area contributed by atoms with Crippen molar-refractivity contribution in [3.63, 3.8) is 0 Å². The summed E-state index contributed by atoms with van der Waals surface area (Å²) < 4.78 is 0. The molecule has 0 saturated heterocycles. The standard InChI is InChI=1S/C23H25ClN4O2S/c1-4-15(3)19(25-20(29)18(24)16-8-6-5-7-9-16)21(30)26-23-28-27-22(31-23)17-12-10-14(2)11-13-17/h5-13,15,18-19H,4H2,1-3H3,(H,25,29)(H,26,28,30). The van der Waals surface area contributed by atoms with E-state index in [1.54, 1.807) is 12.1 Å². The normalized spacial score (nSPS) is 13.8. The van der Waals surface area contributed by atoms with E-state index in [9.17, 15) is 9.59 Å². The van der Waals surface area contributed by atoms with Gasteiger partial charge in [-0.2, -0.15) is 0 Å². The highest BCUT2D eigenvalue weighted by atomic mass is 35.5. The Labute approximate surface area is 191 Å². The number of alkyl halides is 1. The van der Waals surface area contributed by atoms with Gasteiger partial charge in [0, 0.05) is 5.56 Å². The molecule has 8 heteroatoms. The summed E-state index contributed by atoms with van der Waals surface area (Å²) in [7, 11) is 0. The van der Waals surface area contributed by atoms with Gasteiger partial charge in [-0.25, -0.2) is 0 Å². The molecule has 0 saturated carbocycles. The first-order valence-electron chi connectivity index (χ1n) is 10.1. The number of aryl methyl sites for hydroxylation is 1. The Balaban J connectivity index is 1.70. The van der Waals surface area contributed by atoms with E-state index in [2.05, 4.69) is 20.8 Å². The second-order valence-corrected chi connectivity index (χ2v) is 8.83. The van der Waals surface area contributed by atoms with Crippen LogP contribution in [0.3, 0.4) is 0 Å². The molecule has 3 aromatic rings. The number of benzene rings is 2. The molecule has 1 heterocycles. The summed E-state index contributed by atoms with van der Waals surface area (Å²) in [5.41, 5.74) is 2.77. The SMILES string of the molecule is CCC(C)C(NC(=O)C(Cl)c1ccccc1)C(=O)Nc1nnc(-c2ccc(C)cc2)s1. The van der Waals surface area contributed by atoms with Crippen LogP contribution in [0.1, 0.15) is 36.8 Å². The molecule has 6 nitrogen and oxygen atoms in total. The first-order valence-corrected chi connectivity index (χ1v) is 11.3. The molecule has 3 rings (SSSR count). The summed E-state index contributed by atoms with van der Waals surface area (Å²) in [6.45, 7) is 5.89. The number of carbonyl (C=O) groups excluding carboxylic acids is 2. The zero-order valence-corrected chi connectivity index (χ0v) is 19.2. The summed E-state index contributed by atoms with van der Waals surface area (Å²) in [4.78, 5) is 25.7. The number of hydrogen-bond acceptors (Lipinski definition) is 5. The highest BCUT2D eigenvalue weighted by Gasteiger charge is 2.29. The van der Waals surface area contributed by atoms with Gasteiger partial charge in [-0.1, -0.05) is 91.8 Å². The van der Waals surface area contributed by atoms with Crippen molar-refractivity contribution < 1.29 is 9.59 Å².